The summed E-state index contributed by atoms with van der Waals surface area (Å²) in [5.74, 6) is 0. The molecule has 0 aromatic carbocycles. The lowest BCUT2D eigenvalue weighted by Gasteiger charge is -2.12. The van der Waals surface area contributed by atoms with Crippen molar-refractivity contribution in [1.29, 1.82) is 0 Å². The minimum atomic E-state index is -0.711. The maximum atomic E-state index is 5.54. The molecule has 4 heteroatoms. The van der Waals surface area contributed by atoms with E-state index in [2.05, 4.69) is 6.92 Å². The SMILES string of the molecule is CC.CC1CCC(COP(C)N)O1. The van der Waals surface area contributed by atoms with E-state index in [4.69, 9.17) is 14.8 Å². The van der Waals surface area contributed by atoms with Gasteiger partial charge in [0.1, 0.15) is 0 Å². The van der Waals surface area contributed by atoms with Crippen LogP contribution in [0.2, 0.25) is 0 Å². The molecular weight excluding hydrogens is 185 g/mol. The normalized spacial score (nSPS) is 29.3. The number of rotatable bonds is 3. The molecule has 3 nitrogen and oxygen atoms in total. The molecule has 0 radical (unpaired) electrons. The molecule has 3 unspecified atom stereocenters. The first-order chi connectivity index (χ1) is 6.18. The third kappa shape index (κ3) is 6.39. The minimum Gasteiger partial charge on any atom is -0.373 e. The van der Waals surface area contributed by atoms with E-state index in [0.29, 0.717) is 18.8 Å². The van der Waals surface area contributed by atoms with E-state index in [-0.39, 0.29) is 0 Å². The second-order valence-corrected chi connectivity index (χ2v) is 4.34. The molecule has 1 aliphatic rings. The first-order valence-electron chi connectivity index (χ1n) is 4.95. The number of hydrogen-bond acceptors (Lipinski definition) is 3. The van der Waals surface area contributed by atoms with Gasteiger partial charge in [0.05, 0.1) is 27.1 Å². The van der Waals surface area contributed by atoms with Crippen LogP contribution in [-0.2, 0) is 9.26 Å². The van der Waals surface area contributed by atoms with Crippen LogP contribution >= 0.6 is 8.30 Å². The monoisotopic (exact) mass is 207 g/mol. The van der Waals surface area contributed by atoms with E-state index in [0.717, 1.165) is 12.8 Å². The van der Waals surface area contributed by atoms with E-state index in [9.17, 15) is 0 Å². The fourth-order valence-corrected chi connectivity index (χ4v) is 1.61. The highest BCUT2D eigenvalue weighted by molar-refractivity contribution is 7.49. The van der Waals surface area contributed by atoms with Gasteiger partial charge < -0.3 is 9.26 Å². The number of hydrogen-bond donors (Lipinski definition) is 1. The van der Waals surface area contributed by atoms with Crippen molar-refractivity contribution in [2.24, 2.45) is 5.50 Å². The lowest BCUT2D eigenvalue weighted by atomic mass is 10.2. The van der Waals surface area contributed by atoms with Crippen molar-refractivity contribution in [3.8, 4) is 0 Å². The highest BCUT2D eigenvalue weighted by Crippen LogP contribution is 2.25. The minimum absolute atomic E-state index is 0.290. The van der Waals surface area contributed by atoms with Crippen LogP contribution in [0, 0.1) is 0 Å². The Bertz CT molecular complexity index is 122. The van der Waals surface area contributed by atoms with Gasteiger partial charge in [-0.15, -0.1) is 0 Å². The average Bonchev–Trinajstić information content (AvgIpc) is 2.52. The Labute approximate surface area is 82.9 Å². The molecule has 1 aliphatic heterocycles. The van der Waals surface area contributed by atoms with Gasteiger partial charge in [0.2, 0.25) is 0 Å². The van der Waals surface area contributed by atoms with Crippen LogP contribution in [0.5, 0.6) is 0 Å². The Morgan fingerprint density at radius 3 is 2.46 bits per heavy atom. The summed E-state index contributed by atoms with van der Waals surface area (Å²) in [6, 6.07) is 0. The molecule has 0 amide bonds. The van der Waals surface area contributed by atoms with Crippen LogP contribution in [0.25, 0.3) is 0 Å². The molecule has 2 N–H and O–H groups in total. The molecule has 1 saturated heterocycles. The van der Waals surface area contributed by atoms with Crippen molar-refractivity contribution in [1.82, 2.24) is 0 Å². The maximum absolute atomic E-state index is 5.54. The fourth-order valence-electron chi connectivity index (χ4n) is 1.21. The summed E-state index contributed by atoms with van der Waals surface area (Å²) in [6.07, 6.45) is 2.97. The first-order valence-corrected chi connectivity index (χ1v) is 6.73. The second kappa shape index (κ2) is 7.69. The lowest BCUT2D eigenvalue weighted by molar-refractivity contribution is 0.0292. The van der Waals surface area contributed by atoms with E-state index < -0.39 is 8.30 Å². The van der Waals surface area contributed by atoms with Crippen LogP contribution in [0.1, 0.15) is 33.6 Å². The summed E-state index contributed by atoms with van der Waals surface area (Å²) in [7, 11) is -0.711. The Balaban J connectivity index is 0.000000671. The Morgan fingerprint density at radius 2 is 2.08 bits per heavy atom. The third-order valence-electron chi connectivity index (χ3n) is 1.78. The molecule has 1 heterocycles. The summed E-state index contributed by atoms with van der Waals surface area (Å²) in [5, 5.41) is 0. The smallest absolute Gasteiger partial charge is 0.0952 e. The molecule has 3 atom stereocenters. The molecule has 0 aromatic heterocycles. The Hall–Kier alpha value is 0.310. The molecule has 0 aliphatic carbocycles. The average molecular weight is 207 g/mol. The van der Waals surface area contributed by atoms with Crippen molar-refractivity contribution in [2.45, 2.75) is 45.8 Å². The van der Waals surface area contributed by atoms with Gasteiger partial charge in [0.25, 0.3) is 0 Å². The fraction of sp³-hybridized carbons (Fsp3) is 1.00. The number of nitrogens with two attached hydrogens (primary N) is 1. The molecule has 0 bridgehead atoms. The van der Waals surface area contributed by atoms with Gasteiger partial charge in [0.15, 0.2) is 0 Å². The molecule has 80 valence electrons. The van der Waals surface area contributed by atoms with Gasteiger partial charge in [-0.25, -0.2) is 0 Å². The van der Waals surface area contributed by atoms with Crippen molar-refractivity contribution in [3.63, 3.8) is 0 Å². The molecule has 0 spiro atoms. The van der Waals surface area contributed by atoms with Crippen LogP contribution in [0.3, 0.4) is 0 Å². The van der Waals surface area contributed by atoms with E-state index in [1.54, 1.807) is 0 Å². The number of ether oxygens (including phenoxy) is 1. The van der Waals surface area contributed by atoms with Crippen LogP contribution < -0.4 is 5.50 Å². The van der Waals surface area contributed by atoms with Crippen molar-refractivity contribution < 1.29 is 9.26 Å². The van der Waals surface area contributed by atoms with Gasteiger partial charge in [-0.1, -0.05) is 13.8 Å². The van der Waals surface area contributed by atoms with E-state index in [1.165, 1.54) is 0 Å². The van der Waals surface area contributed by atoms with Crippen molar-refractivity contribution in [2.75, 3.05) is 13.3 Å². The summed E-state index contributed by atoms with van der Waals surface area (Å²) >= 11 is 0. The lowest BCUT2D eigenvalue weighted by Crippen LogP contribution is -2.15. The zero-order valence-electron chi connectivity index (χ0n) is 9.12. The van der Waals surface area contributed by atoms with Gasteiger partial charge in [-0.2, -0.15) is 0 Å². The Morgan fingerprint density at radius 1 is 1.46 bits per heavy atom. The van der Waals surface area contributed by atoms with Crippen molar-refractivity contribution in [3.05, 3.63) is 0 Å². The second-order valence-electron chi connectivity index (χ2n) is 2.99. The Kier molecular flexibility index (Phi) is 7.87. The topological polar surface area (TPSA) is 44.5 Å². The highest BCUT2D eigenvalue weighted by atomic mass is 31.2. The van der Waals surface area contributed by atoms with Gasteiger partial charge in [-0.3, -0.25) is 5.50 Å². The summed E-state index contributed by atoms with van der Waals surface area (Å²) < 4.78 is 10.8. The molecule has 0 aromatic rings. The predicted molar refractivity (Wildman–Crippen MR) is 57.9 cm³/mol. The maximum Gasteiger partial charge on any atom is 0.0952 e. The molecule has 0 saturated carbocycles. The summed E-state index contributed by atoms with van der Waals surface area (Å²) in [5.41, 5.74) is 5.49. The quantitative estimate of drug-likeness (QED) is 0.723. The van der Waals surface area contributed by atoms with Crippen LogP contribution in [0.15, 0.2) is 0 Å². The molecule has 1 fully saturated rings. The van der Waals surface area contributed by atoms with Crippen LogP contribution in [0.4, 0.5) is 0 Å². The first kappa shape index (κ1) is 13.3. The summed E-state index contributed by atoms with van der Waals surface area (Å²) in [6.45, 7) is 8.66. The zero-order valence-corrected chi connectivity index (χ0v) is 10.0. The van der Waals surface area contributed by atoms with E-state index >= 15 is 0 Å². The van der Waals surface area contributed by atoms with Crippen LogP contribution in [-0.4, -0.2) is 25.5 Å². The molecular formula is C9H22NO2P. The van der Waals surface area contributed by atoms with Gasteiger partial charge >= 0.3 is 0 Å². The highest BCUT2D eigenvalue weighted by Gasteiger charge is 2.21. The molecule has 1 rings (SSSR count). The van der Waals surface area contributed by atoms with E-state index in [1.807, 2.05) is 20.5 Å². The standard InChI is InChI=1S/C7H16NO2P.C2H6/c1-6-3-4-7(10-6)5-9-11(2)8;1-2/h6-7H,3-5,8H2,1-2H3;1-2H3. The molecule has 13 heavy (non-hydrogen) atoms. The summed E-state index contributed by atoms with van der Waals surface area (Å²) in [4.78, 5) is 0. The van der Waals surface area contributed by atoms with Gasteiger partial charge in [0, 0.05) is 0 Å². The largest absolute Gasteiger partial charge is 0.373 e. The van der Waals surface area contributed by atoms with Crippen molar-refractivity contribution >= 4 is 8.30 Å². The zero-order chi connectivity index (χ0) is 10.3. The predicted octanol–water partition coefficient (Wildman–Crippen LogP) is 2.50. The third-order valence-corrected chi connectivity index (χ3v) is 2.34. The van der Waals surface area contributed by atoms with Gasteiger partial charge in [-0.05, 0) is 26.4 Å².